The topological polar surface area (TPSA) is 40.7 Å². The smallest absolute Gasteiger partial charge is 0.139 e. The van der Waals surface area contributed by atoms with Gasteiger partial charge in [0.05, 0.1) is 11.4 Å². The first-order chi connectivity index (χ1) is 6.93. The van der Waals surface area contributed by atoms with Gasteiger partial charge in [0.25, 0.3) is 0 Å². The molecular weight excluding hydrogens is 194 g/mol. The fourth-order valence-electron chi connectivity index (χ4n) is 1.56. The van der Waals surface area contributed by atoms with Crippen LogP contribution in [-0.4, -0.2) is 23.1 Å². The number of hydrogen-bond acceptors (Lipinski definition) is 3. The van der Waals surface area contributed by atoms with Crippen LogP contribution in [0.5, 0.6) is 0 Å². The van der Waals surface area contributed by atoms with Gasteiger partial charge >= 0.3 is 0 Å². The number of thiazole rings is 1. The maximum atomic E-state index is 4.62. The van der Waals surface area contributed by atoms with Crippen molar-refractivity contribution in [2.45, 2.75) is 5.92 Å². The minimum Gasteiger partial charge on any atom is -0.359 e. The molecule has 3 nitrogen and oxygen atoms in total. The summed E-state index contributed by atoms with van der Waals surface area (Å²) in [7, 11) is 0. The van der Waals surface area contributed by atoms with Crippen LogP contribution < -0.4 is 5.32 Å². The van der Waals surface area contributed by atoms with Crippen LogP contribution >= 0.6 is 11.3 Å². The lowest BCUT2D eigenvalue weighted by atomic mass is 10.0. The maximum Gasteiger partial charge on any atom is 0.139 e. The van der Waals surface area contributed by atoms with E-state index in [4.69, 9.17) is 0 Å². The Hall–Kier alpha value is -1.13. The molecule has 0 aromatic carbocycles. The van der Waals surface area contributed by atoms with Crippen LogP contribution in [0.1, 0.15) is 11.6 Å². The van der Waals surface area contributed by atoms with E-state index in [-0.39, 0.29) is 0 Å². The summed E-state index contributed by atoms with van der Waals surface area (Å²) in [4.78, 5) is 7.80. The second kappa shape index (κ2) is 3.22. The lowest BCUT2D eigenvalue weighted by molar-refractivity contribution is 0.441. The van der Waals surface area contributed by atoms with Crippen LogP contribution in [0.4, 0.5) is 0 Å². The van der Waals surface area contributed by atoms with E-state index < -0.39 is 0 Å². The largest absolute Gasteiger partial charge is 0.359 e. The molecule has 0 atom stereocenters. The highest BCUT2D eigenvalue weighted by molar-refractivity contribution is 7.13. The van der Waals surface area contributed by atoms with Gasteiger partial charge in [-0.05, 0) is 12.1 Å². The Labute approximate surface area is 86.2 Å². The van der Waals surface area contributed by atoms with Gasteiger partial charge < -0.3 is 10.3 Å². The Morgan fingerprint density at radius 3 is 3.00 bits per heavy atom. The van der Waals surface area contributed by atoms with Crippen molar-refractivity contribution in [1.29, 1.82) is 0 Å². The summed E-state index contributed by atoms with van der Waals surface area (Å²) in [5.74, 6) is 0.634. The lowest BCUT2D eigenvalue weighted by Crippen LogP contribution is -2.40. The number of nitrogens with one attached hydrogen (secondary N) is 2. The van der Waals surface area contributed by atoms with Gasteiger partial charge in [0.1, 0.15) is 5.01 Å². The van der Waals surface area contributed by atoms with Gasteiger partial charge in [-0.15, -0.1) is 11.3 Å². The zero-order chi connectivity index (χ0) is 9.38. The van der Waals surface area contributed by atoms with Gasteiger partial charge in [-0.3, -0.25) is 0 Å². The van der Waals surface area contributed by atoms with E-state index in [1.165, 1.54) is 5.69 Å². The first-order valence-corrected chi connectivity index (χ1v) is 5.61. The third kappa shape index (κ3) is 1.27. The molecule has 1 aliphatic heterocycles. The Bertz CT molecular complexity index is 414. The summed E-state index contributed by atoms with van der Waals surface area (Å²) in [5.41, 5.74) is 2.35. The maximum absolute atomic E-state index is 4.62. The zero-order valence-electron chi connectivity index (χ0n) is 7.66. The Morgan fingerprint density at radius 2 is 2.36 bits per heavy atom. The number of nitrogens with zero attached hydrogens (tertiary/aromatic N) is 1. The SMILES string of the molecule is c1c[nH]c(-c2nc(C3CNC3)cs2)c1. The van der Waals surface area contributed by atoms with Crippen molar-refractivity contribution >= 4 is 11.3 Å². The summed E-state index contributed by atoms with van der Waals surface area (Å²) >= 11 is 1.71. The molecule has 72 valence electrons. The van der Waals surface area contributed by atoms with E-state index >= 15 is 0 Å². The van der Waals surface area contributed by atoms with Crippen LogP contribution in [-0.2, 0) is 0 Å². The fourth-order valence-corrected chi connectivity index (χ4v) is 2.45. The van der Waals surface area contributed by atoms with Crippen LogP contribution in [0.3, 0.4) is 0 Å². The summed E-state index contributed by atoms with van der Waals surface area (Å²) in [6.45, 7) is 2.15. The molecule has 0 aliphatic carbocycles. The molecule has 0 amide bonds. The van der Waals surface area contributed by atoms with E-state index in [2.05, 4.69) is 26.7 Å². The van der Waals surface area contributed by atoms with Crippen LogP contribution in [0.2, 0.25) is 0 Å². The van der Waals surface area contributed by atoms with Crippen molar-refractivity contribution in [2.75, 3.05) is 13.1 Å². The number of H-pyrrole nitrogens is 1. The monoisotopic (exact) mass is 205 g/mol. The molecule has 2 aromatic rings. The van der Waals surface area contributed by atoms with Gasteiger partial charge in [0, 0.05) is 30.6 Å². The first kappa shape index (κ1) is 8.20. The van der Waals surface area contributed by atoms with Gasteiger partial charge in [0.15, 0.2) is 0 Å². The third-order valence-electron chi connectivity index (χ3n) is 2.55. The molecular formula is C10H11N3S. The van der Waals surface area contributed by atoms with Crippen LogP contribution in [0.15, 0.2) is 23.7 Å². The standard InChI is InChI=1S/C10H11N3S/c1-2-8(12-3-1)10-13-9(6-14-10)7-4-11-5-7/h1-3,6-7,11-12H,4-5H2. The third-order valence-corrected chi connectivity index (χ3v) is 3.44. The van der Waals surface area contributed by atoms with Gasteiger partial charge in [-0.1, -0.05) is 0 Å². The van der Waals surface area contributed by atoms with Crippen LogP contribution in [0, 0.1) is 0 Å². The summed E-state index contributed by atoms with van der Waals surface area (Å²) < 4.78 is 0. The predicted octanol–water partition coefficient (Wildman–Crippen LogP) is 1.82. The number of hydrogen-bond donors (Lipinski definition) is 2. The second-order valence-electron chi connectivity index (χ2n) is 3.52. The number of rotatable bonds is 2. The molecule has 0 unspecified atom stereocenters. The van der Waals surface area contributed by atoms with Crippen molar-refractivity contribution in [1.82, 2.24) is 15.3 Å². The van der Waals surface area contributed by atoms with E-state index in [0.29, 0.717) is 5.92 Å². The highest BCUT2D eigenvalue weighted by Crippen LogP contribution is 2.27. The summed E-state index contributed by atoms with van der Waals surface area (Å²) in [6, 6.07) is 4.06. The fraction of sp³-hybridized carbons (Fsp3) is 0.300. The van der Waals surface area contributed by atoms with E-state index in [1.807, 2.05) is 12.3 Å². The molecule has 0 radical (unpaired) electrons. The van der Waals surface area contributed by atoms with Crippen molar-refractivity contribution in [2.24, 2.45) is 0 Å². The van der Waals surface area contributed by atoms with Crippen molar-refractivity contribution in [3.8, 4) is 10.7 Å². The Kier molecular flexibility index (Phi) is 1.89. The molecule has 0 saturated carbocycles. The first-order valence-electron chi connectivity index (χ1n) is 4.73. The summed E-state index contributed by atoms with van der Waals surface area (Å²) in [6.07, 6.45) is 1.93. The molecule has 14 heavy (non-hydrogen) atoms. The van der Waals surface area contributed by atoms with Crippen LogP contribution in [0.25, 0.3) is 10.7 Å². The normalized spacial score (nSPS) is 16.9. The number of aromatic nitrogens is 2. The van der Waals surface area contributed by atoms with E-state index in [9.17, 15) is 0 Å². The Balaban J connectivity index is 1.90. The minimum absolute atomic E-state index is 0.634. The zero-order valence-corrected chi connectivity index (χ0v) is 8.47. The minimum atomic E-state index is 0.634. The highest BCUT2D eigenvalue weighted by Gasteiger charge is 2.21. The molecule has 1 fully saturated rings. The molecule has 4 heteroatoms. The second-order valence-corrected chi connectivity index (χ2v) is 4.37. The van der Waals surface area contributed by atoms with Crippen molar-refractivity contribution in [3.63, 3.8) is 0 Å². The molecule has 3 heterocycles. The molecule has 2 aromatic heterocycles. The predicted molar refractivity (Wildman–Crippen MR) is 57.5 cm³/mol. The van der Waals surface area contributed by atoms with E-state index in [1.54, 1.807) is 11.3 Å². The van der Waals surface area contributed by atoms with Gasteiger partial charge in [-0.2, -0.15) is 0 Å². The van der Waals surface area contributed by atoms with E-state index in [0.717, 1.165) is 23.8 Å². The number of aromatic amines is 1. The average molecular weight is 205 g/mol. The van der Waals surface area contributed by atoms with Gasteiger partial charge in [0.2, 0.25) is 0 Å². The molecule has 1 aliphatic rings. The molecule has 0 spiro atoms. The highest BCUT2D eigenvalue weighted by atomic mass is 32.1. The summed E-state index contributed by atoms with van der Waals surface area (Å²) in [5, 5.41) is 6.52. The lowest BCUT2D eigenvalue weighted by Gasteiger charge is -2.25. The molecule has 3 rings (SSSR count). The average Bonchev–Trinajstić information content (AvgIpc) is 2.65. The Morgan fingerprint density at radius 1 is 1.43 bits per heavy atom. The van der Waals surface area contributed by atoms with Crippen molar-refractivity contribution in [3.05, 3.63) is 29.4 Å². The quantitative estimate of drug-likeness (QED) is 0.785. The molecule has 0 bridgehead atoms. The van der Waals surface area contributed by atoms with Gasteiger partial charge in [-0.25, -0.2) is 4.98 Å². The van der Waals surface area contributed by atoms with Crippen molar-refractivity contribution < 1.29 is 0 Å². The molecule has 2 N–H and O–H groups in total. The molecule has 1 saturated heterocycles.